The molecular weight excluding hydrogens is 304 g/mol. The summed E-state index contributed by atoms with van der Waals surface area (Å²) in [6.45, 7) is 2.06. The lowest BCUT2D eigenvalue weighted by Crippen LogP contribution is -2.32. The van der Waals surface area contributed by atoms with E-state index < -0.39 is 0 Å². The first-order chi connectivity index (χ1) is 11.8. The number of benzene rings is 1. The van der Waals surface area contributed by atoms with Gasteiger partial charge in [0.1, 0.15) is 6.61 Å². The molecule has 1 aromatic carbocycles. The topological polar surface area (TPSA) is 60.2 Å². The maximum absolute atomic E-state index is 12.3. The van der Waals surface area contributed by atoms with Gasteiger partial charge in [-0.3, -0.25) is 4.79 Å². The largest absolute Gasteiger partial charge is 0.367 e. The van der Waals surface area contributed by atoms with Crippen LogP contribution in [-0.2, 0) is 16.1 Å². The Morgan fingerprint density at radius 1 is 1.21 bits per heavy atom. The van der Waals surface area contributed by atoms with E-state index in [0.717, 1.165) is 24.2 Å². The molecule has 6 nitrogen and oxygen atoms in total. The van der Waals surface area contributed by atoms with E-state index in [9.17, 15) is 4.79 Å². The first-order valence-electron chi connectivity index (χ1n) is 8.61. The van der Waals surface area contributed by atoms with Crippen LogP contribution < -0.4 is 0 Å². The van der Waals surface area contributed by atoms with Crippen molar-refractivity contribution in [2.45, 2.75) is 37.8 Å². The third-order valence-electron chi connectivity index (χ3n) is 4.75. The maximum Gasteiger partial charge on any atom is 0.248 e. The fourth-order valence-electron chi connectivity index (χ4n) is 3.14. The molecule has 2 aromatic rings. The molecule has 0 radical (unpaired) electrons. The van der Waals surface area contributed by atoms with E-state index in [4.69, 9.17) is 4.74 Å². The molecule has 1 amide bonds. The Kier molecular flexibility index (Phi) is 4.30. The second kappa shape index (κ2) is 6.73. The standard InChI is InChI=1S/C18H22N4O2/c23-18(13-24-12-14-4-2-1-3-5-14)21-9-8-16(10-21)22-11-17(19-20-22)15-6-7-15/h1-5,11,15-16H,6-10,12-13H2/t16-/m0/s1. The molecule has 1 atom stereocenters. The number of carbonyl (C=O) groups is 1. The van der Waals surface area contributed by atoms with Crippen LogP contribution in [0.15, 0.2) is 36.5 Å². The molecule has 1 saturated carbocycles. The molecular formula is C18H22N4O2. The normalized spacial score (nSPS) is 20.5. The molecule has 0 unspecified atom stereocenters. The van der Waals surface area contributed by atoms with E-state index in [1.54, 1.807) is 0 Å². The molecule has 2 heterocycles. The Morgan fingerprint density at radius 2 is 2.04 bits per heavy atom. The second-order valence-electron chi connectivity index (χ2n) is 6.66. The third-order valence-corrected chi connectivity index (χ3v) is 4.75. The number of rotatable bonds is 6. The maximum atomic E-state index is 12.3. The number of amides is 1. The predicted octanol–water partition coefficient (Wildman–Crippen LogP) is 2.15. The quantitative estimate of drug-likeness (QED) is 0.816. The lowest BCUT2D eigenvalue weighted by atomic mass is 10.2. The molecule has 1 aromatic heterocycles. The van der Waals surface area contributed by atoms with Crippen molar-refractivity contribution in [3.8, 4) is 0 Å². The molecule has 0 N–H and O–H groups in total. The number of hydrogen-bond acceptors (Lipinski definition) is 4. The molecule has 1 saturated heterocycles. The van der Waals surface area contributed by atoms with Gasteiger partial charge in [0.25, 0.3) is 0 Å². The van der Waals surface area contributed by atoms with Crippen LogP contribution in [0.2, 0.25) is 0 Å². The minimum absolute atomic E-state index is 0.0518. The number of aromatic nitrogens is 3. The zero-order valence-corrected chi connectivity index (χ0v) is 13.7. The molecule has 2 fully saturated rings. The van der Waals surface area contributed by atoms with E-state index in [1.165, 1.54) is 12.8 Å². The van der Waals surface area contributed by atoms with E-state index in [2.05, 4.69) is 16.5 Å². The highest BCUT2D eigenvalue weighted by Gasteiger charge is 2.31. The van der Waals surface area contributed by atoms with Gasteiger partial charge in [-0.05, 0) is 24.8 Å². The van der Waals surface area contributed by atoms with Crippen LogP contribution in [0.1, 0.15) is 42.5 Å². The number of ether oxygens (including phenoxy) is 1. The Labute approximate surface area is 141 Å². The van der Waals surface area contributed by atoms with E-state index in [1.807, 2.05) is 39.9 Å². The Hall–Kier alpha value is -2.21. The Balaban J connectivity index is 1.25. The molecule has 24 heavy (non-hydrogen) atoms. The van der Waals surface area contributed by atoms with Crippen LogP contribution >= 0.6 is 0 Å². The predicted molar refractivity (Wildman–Crippen MR) is 88.3 cm³/mol. The van der Waals surface area contributed by atoms with Crippen molar-refractivity contribution >= 4 is 5.91 Å². The van der Waals surface area contributed by atoms with Gasteiger partial charge in [0, 0.05) is 25.2 Å². The monoisotopic (exact) mass is 326 g/mol. The van der Waals surface area contributed by atoms with Crippen LogP contribution in [0, 0.1) is 0 Å². The third kappa shape index (κ3) is 3.48. The van der Waals surface area contributed by atoms with Crippen LogP contribution in [0.5, 0.6) is 0 Å². The van der Waals surface area contributed by atoms with Crippen molar-refractivity contribution in [1.29, 1.82) is 0 Å². The van der Waals surface area contributed by atoms with Crippen molar-refractivity contribution in [2.24, 2.45) is 0 Å². The summed E-state index contributed by atoms with van der Waals surface area (Å²) in [4.78, 5) is 14.2. The van der Waals surface area contributed by atoms with E-state index in [-0.39, 0.29) is 18.6 Å². The average molecular weight is 326 g/mol. The van der Waals surface area contributed by atoms with Gasteiger partial charge in [-0.1, -0.05) is 35.5 Å². The van der Waals surface area contributed by atoms with Crippen LogP contribution in [-0.4, -0.2) is 45.5 Å². The minimum atomic E-state index is 0.0518. The van der Waals surface area contributed by atoms with Gasteiger partial charge in [-0.2, -0.15) is 0 Å². The summed E-state index contributed by atoms with van der Waals surface area (Å²) < 4.78 is 7.49. The highest BCUT2D eigenvalue weighted by Crippen LogP contribution is 2.39. The molecule has 0 spiro atoms. The van der Waals surface area contributed by atoms with Gasteiger partial charge in [0.2, 0.25) is 5.91 Å². The highest BCUT2D eigenvalue weighted by molar-refractivity contribution is 5.77. The van der Waals surface area contributed by atoms with Crippen LogP contribution in [0.4, 0.5) is 0 Å². The first kappa shape index (κ1) is 15.3. The zero-order valence-electron chi connectivity index (χ0n) is 13.7. The lowest BCUT2D eigenvalue weighted by Gasteiger charge is -2.16. The zero-order chi connectivity index (χ0) is 16.4. The fourth-order valence-corrected chi connectivity index (χ4v) is 3.14. The first-order valence-corrected chi connectivity index (χ1v) is 8.61. The van der Waals surface area contributed by atoms with E-state index >= 15 is 0 Å². The molecule has 4 rings (SSSR count). The van der Waals surface area contributed by atoms with Gasteiger partial charge in [0.05, 0.1) is 18.3 Å². The van der Waals surface area contributed by atoms with Crippen molar-refractivity contribution in [3.63, 3.8) is 0 Å². The van der Waals surface area contributed by atoms with Crippen molar-refractivity contribution in [2.75, 3.05) is 19.7 Å². The smallest absolute Gasteiger partial charge is 0.248 e. The van der Waals surface area contributed by atoms with Crippen molar-refractivity contribution in [3.05, 3.63) is 47.8 Å². The molecule has 1 aliphatic heterocycles. The molecule has 126 valence electrons. The number of carbonyl (C=O) groups excluding carboxylic acids is 1. The van der Waals surface area contributed by atoms with Gasteiger partial charge < -0.3 is 9.64 Å². The van der Waals surface area contributed by atoms with Gasteiger partial charge in [-0.15, -0.1) is 5.10 Å². The summed E-state index contributed by atoms with van der Waals surface area (Å²) in [6.07, 6.45) is 5.44. The summed E-state index contributed by atoms with van der Waals surface area (Å²) in [6, 6.07) is 10.1. The second-order valence-corrected chi connectivity index (χ2v) is 6.66. The number of hydrogen-bond donors (Lipinski definition) is 0. The summed E-state index contributed by atoms with van der Waals surface area (Å²) in [7, 11) is 0. The van der Waals surface area contributed by atoms with Crippen molar-refractivity contribution in [1.82, 2.24) is 19.9 Å². The number of nitrogens with zero attached hydrogens (tertiary/aromatic N) is 4. The summed E-state index contributed by atoms with van der Waals surface area (Å²) >= 11 is 0. The Bertz CT molecular complexity index is 696. The Morgan fingerprint density at radius 3 is 2.83 bits per heavy atom. The molecule has 6 heteroatoms. The average Bonchev–Trinajstić information content (AvgIpc) is 3.13. The number of likely N-dealkylation sites (tertiary alicyclic amines) is 1. The van der Waals surface area contributed by atoms with Gasteiger partial charge >= 0.3 is 0 Å². The molecule has 0 bridgehead atoms. The van der Waals surface area contributed by atoms with Gasteiger partial charge in [0.15, 0.2) is 0 Å². The molecule has 2 aliphatic rings. The summed E-state index contributed by atoms with van der Waals surface area (Å²) in [5.74, 6) is 0.667. The van der Waals surface area contributed by atoms with E-state index in [0.29, 0.717) is 19.1 Å². The SMILES string of the molecule is O=C(COCc1ccccc1)N1CC[C@H](n2cc(C3CC3)nn2)C1. The van der Waals surface area contributed by atoms with Gasteiger partial charge in [-0.25, -0.2) is 4.68 Å². The lowest BCUT2D eigenvalue weighted by molar-refractivity contribution is -0.135. The summed E-state index contributed by atoms with van der Waals surface area (Å²) in [5.41, 5.74) is 2.19. The van der Waals surface area contributed by atoms with Crippen molar-refractivity contribution < 1.29 is 9.53 Å². The van der Waals surface area contributed by atoms with Crippen LogP contribution in [0.25, 0.3) is 0 Å². The molecule has 1 aliphatic carbocycles. The minimum Gasteiger partial charge on any atom is -0.367 e. The van der Waals surface area contributed by atoms with Crippen LogP contribution in [0.3, 0.4) is 0 Å². The highest BCUT2D eigenvalue weighted by atomic mass is 16.5. The fraction of sp³-hybridized carbons (Fsp3) is 0.500. The summed E-state index contributed by atoms with van der Waals surface area (Å²) in [5, 5.41) is 8.51.